The summed E-state index contributed by atoms with van der Waals surface area (Å²) in [7, 11) is 0. The molecule has 0 aliphatic carbocycles. The Balaban J connectivity index is 2.68. The second-order valence-corrected chi connectivity index (χ2v) is 3.63. The third-order valence-corrected chi connectivity index (χ3v) is 2.57. The van der Waals surface area contributed by atoms with Crippen molar-refractivity contribution in [3.8, 4) is 0 Å². The molecule has 0 spiro atoms. The Morgan fingerprint density at radius 2 is 2.23 bits per heavy atom. The van der Waals surface area contributed by atoms with Crippen LogP contribution in [0.15, 0.2) is 12.1 Å². The third-order valence-electron chi connectivity index (χ3n) is 1.58. The molecule has 0 aliphatic rings. The van der Waals surface area contributed by atoms with Crippen molar-refractivity contribution in [2.24, 2.45) is 0 Å². The van der Waals surface area contributed by atoms with E-state index in [0.29, 0.717) is 5.65 Å². The number of aromatic nitrogens is 2. The van der Waals surface area contributed by atoms with Gasteiger partial charge in [-0.05, 0) is 19.1 Å². The highest BCUT2D eigenvalue weighted by atomic mass is 32.1. The molecule has 0 unspecified atom stereocenters. The molecule has 0 bridgehead atoms. The average molecular weight is 194 g/mol. The zero-order valence-electron chi connectivity index (χ0n) is 6.81. The van der Waals surface area contributed by atoms with E-state index < -0.39 is 5.97 Å². The molecular formula is C8H6N2O2S. The summed E-state index contributed by atoms with van der Waals surface area (Å²) in [5.41, 5.74) is 1.36. The van der Waals surface area contributed by atoms with E-state index in [1.165, 1.54) is 0 Å². The predicted octanol–water partition coefficient (Wildman–Crippen LogP) is 1.70. The third kappa shape index (κ3) is 1.38. The first-order valence-corrected chi connectivity index (χ1v) is 4.46. The first kappa shape index (κ1) is 8.12. The predicted molar refractivity (Wildman–Crippen MR) is 49.1 cm³/mol. The maximum atomic E-state index is 10.6. The van der Waals surface area contributed by atoms with Gasteiger partial charge >= 0.3 is 5.97 Å². The maximum Gasteiger partial charge on any atom is 0.365 e. The second-order valence-electron chi connectivity index (χ2n) is 2.60. The first-order valence-electron chi connectivity index (χ1n) is 3.64. The number of nitrogens with zero attached hydrogens (tertiary/aromatic N) is 2. The lowest BCUT2D eigenvalue weighted by atomic mass is 10.4. The minimum absolute atomic E-state index is 0.0908. The van der Waals surface area contributed by atoms with Crippen LogP contribution in [-0.4, -0.2) is 21.0 Å². The lowest BCUT2D eigenvalue weighted by Gasteiger charge is -1.87. The van der Waals surface area contributed by atoms with Crippen molar-refractivity contribution in [3.05, 3.63) is 22.8 Å². The van der Waals surface area contributed by atoms with E-state index in [0.717, 1.165) is 21.7 Å². The van der Waals surface area contributed by atoms with Crippen LogP contribution in [0.3, 0.4) is 0 Å². The molecule has 5 heteroatoms. The molecule has 2 heterocycles. The Morgan fingerprint density at radius 3 is 2.92 bits per heavy atom. The molecule has 0 fully saturated rings. The van der Waals surface area contributed by atoms with Gasteiger partial charge in [-0.2, -0.15) is 0 Å². The minimum Gasteiger partial charge on any atom is -0.476 e. The van der Waals surface area contributed by atoms with Crippen LogP contribution in [0.5, 0.6) is 0 Å². The van der Waals surface area contributed by atoms with Crippen LogP contribution < -0.4 is 0 Å². The van der Waals surface area contributed by atoms with E-state index in [1.54, 1.807) is 0 Å². The van der Waals surface area contributed by atoms with Gasteiger partial charge in [0.1, 0.15) is 0 Å². The summed E-state index contributed by atoms with van der Waals surface area (Å²) in [6.07, 6.45) is 0. The molecule has 13 heavy (non-hydrogen) atoms. The van der Waals surface area contributed by atoms with Crippen LogP contribution in [-0.2, 0) is 0 Å². The number of rotatable bonds is 1. The lowest BCUT2D eigenvalue weighted by molar-refractivity contribution is 0.0696. The summed E-state index contributed by atoms with van der Waals surface area (Å²) >= 11 is 1.14. The first-order chi connectivity index (χ1) is 6.16. The Morgan fingerprint density at radius 1 is 1.46 bits per heavy atom. The van der Waals surface area contributed by atoms with Gasteiger partial charge < -0.3 is 5.11 Å². The molecule has 4 nitrogen and oxygen atoms in total. The van der Waals surface area contributed by atoms with Crippen LogP contribution in [0.2, 0.25) is 0 Å². The lowest BCUT2D eigenvalue weighted by Crippen LogP contribution is -1.93. The van der Waals surface area contributed by atoms with E-state index in [2.05, 4.69) is 9.97 Å². The fourth-order valence-corrected chi connectivity index (χ4v) is 1.75. The van der Waals surface area contributed by atoms with Gasteiger partial charge in [0, 0.05) is 5.69 Å². The molecule has 0 amide bonds. The Hall–Kier alpha value is -1.49. The van der Waals surface area contributed by atoms with Crippen molar-refractivity contribution < 1.29 is 9.90 Å². The van der Waals surface area contributed by atoms with E-state index in [1.807, 2.05) is 19.1 Å². The fraction of sp³-hybridized carbons (Fsp3) is 0.125. The number of thiazole rings is 1. The number of carbonyl (C=O) groups is 1. The summed E-state index contributed by atoms with van der Waals surface area (Å²) < 4.78 is 0.808. The largest absolute Gasteiger partial charge is 0.476 e. The zero-order chi connectivity index (χ0) is 9.42. The van der Waals surface area contributed by atoms with Gasteiger partial charge in [0.15, 0.2) is 5.65 Å². The fourth-order valence-electron chi connectivity index (χ4n) is 1.00. The highest BCUT2D eigenvalue weighted by Gasteiger charge is 2.10. The highest BCUT2D eigenvalue weighted by Crippen LogP contribution is 2.20. The highest BCUT2D eigenvalue weighted by molar-refractivity contribution is 7.20. The number of pyridine rings is 1. The standard InChI is InChI=1S/C8H6N2O2S/c1-4-2-3-5-6(9-4)10-7(13-5)8(11)12/h2-3H,1H3,(H,11,12). The van der Waals surface area contributed by atoms with Crippen LogP contribution in [0.25, 0.3) is 10.3 Å². The van der Waals surface area contributed by atoms with E-state index >= 15 is 0 Å². The number of hydrogen-bond donors (Lipinski definition) is 1. The van der Waals surface area contributed by atoms with Crippen LogP contribution in [0, 0.1) is 6.92 Å². The van der Waals surface area contributed by atoms with Gasteiger partial charge in [0.25, 0.3) is 0 Å². The number of carboxylic acid groups (broad SMARTS) is 1. The van der Waals surface area contributed by atoms with Crippen molar-refractivity contribution in [3.63, 3.8) is 0 Å². The van der Waals surface area contributed by atoms with Gasteiger partial charge in [-0.15, -0.1) is 11.3 Å². The molecule has 2 aromatic rings. The summed E-state index contributed by atoms with van der Waals surface area (Å²) in [6.45, 7) is 1.85. The summed E-state index contributed by atoms with van der Waals surface area (Å²) in [4.78, 5) is 18.6. The minimum atomic E-state index is -0.999. The molecule has 1 N–H and O–H groups in total. The average Bonchev–Trinajstić information content (AvgIpc) is 2.46. The molecule has 66 valence electrons. The van der Waals surface area contributed by atoms with Crippen LogP contribution in [0.4, 0.5) is 0 Å². The van der Waals surface area contributed by atoms with Crippen LogP contribution >= 0.6 is 11.3 Å². The molecular weight excluding hydrogens is 188 g/mol. The Bertz CT molecular complexity index is 478. The molecule has 0 radical (unpaired) electrons. The molecule has 0 aliphatic heterocycles. The number of carboxylic acids is 1. The SMILES string of the molecule is Cc1ccc2sc(C(=O)O)nc2n1. The number of aryl methyl sites for hydroxylation is 1. The van der Waals surface area contributed by atoms with E-state index in [4.69, 9.17) is 5.11 Å². The Labute approximate surface area is 77.9 Å². The quantitative estimate of drug-likeness (QED) is 0.750. The van der Waals surface area contributed by atoms with E-state index in [-0.39, 0.29) is 5.01 Å². The monoisotopic (exact) mass is 194 g/mol. The van der Waals surface area contributed by atoms with Gasteiger partial charge in [0.05, 0.1) is 4.70 Å². The normalized spacial score (nSPS) is 10.5. The number of hydrogen-bond acceptors (Lipinski definition) is 4. The molecule has 2 rings (SSSR count). The second kappa shape index (κ2) is 2.77. The molecule has 0 atom stereocenters. The molecule has 0 aromatic carbocycles. The molecule has 0 saturated carbocycles. The van der Waals surface area contributed by atoms with Gasteiger partial charge in [-0.3, -0.25) is 0 Å². The smallest absolute Gasteiger partial charge is 0.365 e. The van der Waals surface area contributed by atoms with Gasteiger partial charge in [0.2, 0.25) is 5.01 Å². The van der Waals surface area contributed by atoms with E-state index in [9.17, 15) is 4.79 Å². The van der Waals surface area contributed by atoms with Crippen molar-refractivity contribution in [2.75, 3.05) is 0 Å². The summed E-state index contributed by atoms with van der Waals surface area (Å²) in [5, 5.41) is 8.77. The number of fused-ring (bicyclic) bond motifs is 1. The maximum absolute atomic E-state index is 10.6. The summed E-state index contributed by atoms with van der Waals surface area (Å²) in [5.74, 6) is -0.999. The number of aromatic carboxylic acids is 1. The van der Waals surface area contributed by atoms with Crippen molar-refractivity contribution >= 4 is 27.7 Å². The van der Waals surface area contributed by atoms with Gasteiger partial charge in [-0.25, -0.2) is 14.8 Å². The molecule has 2 aromatic heterocycles. The van der Waals surface area contributed by atoms with Crippen molar-refractivity contribution in [1.29, 1.82) is 0 Å². The van der Waals surface area contributed by atoms with Crippen molar-refractivity contribution in [2.45, 2.75) is 6.92 Å². The van der Waals surface area contributed by atoms with Crippen LogP contribution in [0.1, 0.15) is 15.5 Å². The Kier molecular flexibility index (Phi) is 1.73. The topological polar surface area (TPSA) is 63.1 Å². The molecule has 0 saturated heterocycles. The van der Waals surface area contributed by atoms with Gasteiger partial charge in [-0.1, -0.05) is 0 Å². The zero-order valence-corrected chi connectivity index (χ0v) is 7.63. The summed E-state index contributed by atoms with van der Waals surface area (Å²) in [6, 6.07) is 3.67. The van der Waals surface area contributed by atoms with Crippen molar-refractivity contribution in [1.82, 2.24) is 9.97 Å².